The van der Waals surface area contributed by atoms with E-state index in [0.717, 1.165) is 19.4 Å². The molecule has 0 aliphatic carbocycles. The second kappa shape index (κ2) is 9.82. The Morgan fingerprint density at radius 3 is 2.90 bits per heavy atom. The minimum Gasteiger partial charge on any atom is -0.482 e. The van der Waals surface area contributed by atoms with E-state index in [9.17, 15) is 4.79 Å². The van der Waals surface area contributed by atoms with Gasteiger partial charge < -0.3 is 14.8 Å². The lowest BCUT2D eigenvalue weighted by molar-refractivity contribution is -0.123. The van der Waals surface area contributed by atoms with E-state index in [1.807, 2.05) is 6.07 Å². The van der Waals surface area contributed by atoms with Gasteiger partial charge in [0.05, 0.1) is 5.56 Å². The Bertz CT molecular complexity index is 455. The fraction of sp³-hybridized carbons (Fsp3) is 0.467. The Morgan fingerprint density at radius 1 is 1.35 bits per heavy atom. The first-order chi connectivity index (χ1) is 9.77. The summed E-state index contributed by atoms with van der Waals surface area (Å²) < 4.78 is 10.6. The van der Waals surface area contributed by atoms with Gasteiger partial charge in [-0.3, -0.25) is 4.79 Å². The Balaban J connectivity index is 2.18. The van der Waals surface area contributed by atoms with Crippen LogP contribution in [0, 0.1) is 11.3 Å². The highest BCUT2D eigenvalue weighted by Crippen LogP contribution is 2.15. The van der Waals surface area contributed by atoms with Crippen molar-refractivity contribution < 1.29 is 14.3 Å². The van der Waals surface area contributed by atoms with Gasteiger partial charge in [0, 0.05) is 19.8 Å². The molecule has 1 aromatic carbocycles. The van der Waals surface area contributed by atoms with Crippen molar-refractivity contribution in [1.82, 2.24) is 5.32 Å². The summed E-state index contributed by atoms with van der Waals surface area (Å²) >= 11 is 0. The van der Waals surface area contributed by atoms with Gasteiger partial charge >= 0.3 is 0 Å². The number of amides is 1. The normalized spacial score (nSPS) is 9.80. The summed E-state index contributed by atoms with van der Waals surface area (Å²) in [6, 6.07) is 8.85. The maximum atomic E-state index is 11.5. The molecular weight excluding hydrogens is 256 g/mol. The van der Waals surface area contributed by atoms with Crippen LogP contribution in [0.15, 0.2) is 24.3 Å². The van der Waals surface area contributed by atoms with Crippen LogP contribution in [0.3, 0.4) is 0 Å². The van der Waals surface area contributed by atoms with E-state index in [4.69, 9.17) is 14.7 Å². The second-order valence-electron chi connectivity index (χ2n) is 4.21. The Hall–Kier alpha value is -2.06. The minimum atomic E-state index is -0.201. The van der Waals surface area contributed by atoms with Crippen molar-refractivity contribution in [3.05, 3.63) is 29.8 Å². The molecule has 20 heavy (non-hydrogen) atoms. The summed E-state index contributed by atoms with van der Waals surface area (Å²) in [5.41, 5.74) is 0.424. The Morgan fingerprint density at radius 2 is 2.15 bits per heavy atom. The Labute approximate surface area is 119 Å². The molecule has 1 rings (SSSR count). The third-order valence-corrected chi connectivity index (χ3v) is 2.50. The fourth-order valence-corrected chi connectivity index (χ4v) is 1.53. The number of ether oxygens (including phenoxy) is 2. The average Bonchev–Trinajstić information content (AvgIpc) is 2.49. The molecule has 0 bridgehead atoms. The predicted octanol–water partition coefficient (Wildman–Crippen LogP) is 1.87. The lowest BCUT2D eigenvalue weighted by Gasteiger charge is -2.08. The van der Waals surface area contributed by atoms with Crippen molar-refractivity contribution in [1.29, 1.82) is 5.26 Å². The topological polar surface area (TPSA) is 71.3 Å². The summed E-state index contributed by atoms with van der Waals surface area (Å²) in [5.74, 6) is 0.227. The first-order valence-corrected chi connectivity index (χ1v) is 6.74. The van der Waals surface area contributed by atoms with Crippen molar-refractivity contribution in [3.63, 3.8) is 0 Å². The zero-order valence-electron chi connectivity index (χ0n) is 11.7. The molecule has 0 radical (unpaired) electrons. The molecule has 108 valence electrons. The highest BCUT2D eigenvalue weighted by Gasteiger charge is 2.05. The van der Waals surface area contributed by atoms with Gasteiger partial charge in [-0.15, -0.1) is 0 Å². The van der Waals surface area contributed by atoms with Crippen molar-refractivity contribution in [2.75, 3.05) is 26.4 Å². The molecule has 0 saturated carbocycles. The van der Waals surface area contributed by atoms with Crippen LogP contribution in [-0.2, 0) is 9.53 Å². The van der Waals surface area contributed by atoms with Gasteiger partial charge in [0.2, 0.25) is 0 Å². The van der Waals surface area contributed by atoms with Crippen LogP contribution in [0.5, 0.6) is 5.75 Å². The van der Waals surface area contributed by atoms with Crippen LogP contribution in [-0.4, -0.2) is 32.3 Å². The van der Waals surface area contributed by atoms with Crippen LogP contribution in [0.2, 0.25) is 0 Å². The van der Waals surface area contributed by atoms with E-state index in [1.54, 1.807) is 24.3 Å². The monoisotopic (exact) mass is 276 g/mol. The standard InChI is InChI=1S/C15H20N2O3/c1-2-9-19-10-5-8-17-15(18)12-20-14-7-4-3-6-13(14)11-16/h3-4,6-7H,2,5,8-10,12H2,1H3,(H,17,18). The molecule has 0 heterocycles. The summed E-state index contributed by atoms with van der Waals surface area (Å²) in [6.45, 7) is 3.92. The third-order valence-electron chi connectivity index (χ3n) is 2.50. The van der Waals surface area contributed by atoms with Crippen molar-refractivity contribution >= 4 is 5.91 Å². The summed E-state index contributed by atoms with van der Waals surface area (Å²) in [5, 5.41) is 11.6. The lowest BCUT2D eigenvalue weighted by atomic mass is 10.2. The maximum Gasteiger partial charge on any atom is 0.257 e. The molecule has 0 spiro atoms. The first-order valence-electron chi connectivity index (χ1n) is 6.74. The third kappa shape index (κ3) is 6.21. The number of nitrogens with one attached hydrogen (secondary N) is 1. The summed E-state index contributed by atoms with van der Waals surface area (Å²) in [6.07, 6.45) is 1.78. The van der Waals surface area contributed by atoms with Crippen LogP contribution in [0.4, 0.5) is 0 Å². The van der Waals surface area contributed by atoms with Gasteiger partial charge in [0.15, 0.2) is 6.61 Å². The molecule has 0 saturated heterocycles. The average molecular weight is 276 g/mol. The fourth-order valence-electron chi connectivity index (χ4n) is 1.53. The van der Waals surface area contributed by atoms with Gasteiger partial charge in [0.25, 0.3) is 5.91 Å². The quantitative estimate of drug-likeness (QED) is 0.699. The largest absolute Gasteiger partial charge is 0.482 e. The molecule has 5 nitrogen and oxygen atoms in total. The van der Waals surface area contributed by atoms with E-state index in [1.165, 1.54) is 0 Å². The van der Waals surface area contributed by atoms with E-state index < -0.39 is 0 Å². The number of para-hydroxylation sites is 1. The van der Waals surface area contributed by atoms with Gasteiger partial charge in [0.1, 0.15) is 11.8 Å². The molecule has 0 aromatic heterocycles. The Kier molecular flexibility index (Phi) is 7.85. The number of nitrogens with zero attached hydrogens (tertiary/aromatic N) is 1. The van der Waals surface area contributed by atoms with Crippen LogP contribution >= 0.6 is 0 Å². The van der Waals surface area contributed by atoms with Gasteiger partial charge in [-0.1, -0.05) is 19.1 Å². The molecule has 0 fully saturated rings. The highest BCUT2D eigenvalue weighted by atomic mass is 16.5. The highest BCUT2D eigenvalue weighted by molar-refractivity contribution is 5.77. The van der Waals surface area contributed by atoms with Gasteiger partial charge in [-0.25, -0.2) is 0 Å². The van der Waals surface area contributed by atoms with Gasteiger partial charge in [-0.2, -0.15) is 5.26 Å². The zero-order chi connectivity index (χ0) is 14.6. The van der Waals surface area contributed by atoms with Crippen molar-refractivity contribution in [2.45, 2.75) is 19.8 Å². The van der Waals surface area contributed by atoms with Crippen LogP contribution < -0.4 is 10.1 Å². The number of nitriles is 1. The van der Waals surface area contributed by atoms with E-state index in [0.29, 0.717) is 24.5 Å². The molecule has 0 aliphatic heterocycles. The minimum absolute atomic E-state index is 0.0888. The predicted molar refractivity (Wildman–Crippen MR) is 75.4 cm³/mol. The molecule has 0 atom stereocenters. The lowest BCUT2D eigenvalue weighted by Crippen LogP contribution is -2.30. The van der Waals surface area contributed by atoms with E-state index in [2.05, 4.69) is 12.2 Å². The molecule has 5 heteroatoms. The van der Waals surface area contributed by atoms with Crippen molar-refractivity contribution in [2.24, 2.45) is 0 Å². The molecule has 0 aliphatic rings. The molecular formula is C15H20N2O3. The second-order valence-corrected chi connectivity index (χ2v) is 4.21. The van der Waals surface area contributed by atoms with Gasteiger partial charge in [-0.05, 0) is 25.0 Å². The number of benzene rings is 1. The summed E-state index contributed by atoms with van der Waals surface area (Å²) in [7, 11) is 0. The zero-order valence-corrected chi connectivity index (χ0v) is 11.7. The maximum absolute atomic E-state index is 11.5. The van der Waals surface area contributed by atoms with Crippen LogP contribution in [0.1, 0.15) is 25.3 Å². The molecule has 1 aromatic rings. The summed E-state index contributed by atoms with van der Waals surface area (Å²) in [4.78, 5) is 11.5. The molecule has 1 N–H and O–H groups in total. The molecule has 0 unspecified atom stereocenters. The first kappa shape index (κ1) is 16.0. The number of carbonyl (C=O) groups excluding carboxylic acids is 1. The SMILES string of the molecule is CCCOCCCNC(=O)COc1ccccc1C#N. The van der Waals surface area contributed by atoms with E-state index >= 15 is 0 Å². The van der Waals surface area contributed by atoms with E-state index in [-0.39, 0.29) is 12.5 Å². The smallest absolute Gasteiger partial charge is 0.257 e. The molecule has 1 amide bonds. The van der Waals surface area contributed by atoms with Crippen molar-refractivity contribution in [3.8, 4) is 11.8 Å². The number of hydrogen-bond acceptors (Lipinski definition) is 4. The van der Waals surface area contributed by atoms with Crippen LogP contribution in [0.25, 0.3) is 0 Å². The number of carbonyl (C=O) groups is 1. The number of rotatable bonds is 9. The number of hydrogen-bond donors (Lipinski definition) is 1.